The third-order valence-electron chi connectivity index (χ3n) is 2.75. The Bertz CT molecular complexity index is 324. The predicted molar refractivity (Wildman–Crippen MR) is 62.9 cm³/mol. The van der Waals surface area contributed by atoms with Gasteiger partial charge < -0.3 is 14.1 Å². The molecule has 1 atom stereocenters. The fourth-order valence-electron chi connectivity index (χ4n) is 1.87. The smallest absolute Gasteiger partial charge is 0.297 e. The monoisotopic (exact) mass is 244 g/mol. The summed E-state index contributed by atoms with van der Waals surface area (Å²) in [6.07, 6.45) is 5.44. The molecular weight excluding hydrogens is 228 g/mol. The van der Waals surface area contributed by atoms with Gasteiger partial charge in [0.05, 0.1) is 17.7 Å². The molecule has 2 heterocycles. The first-order chi connectivity index (χ1) is 7.79. The molecule has 1 fully saturated rings. The lowest BCUT2D eigenvalue weighted by atomic mass is 10.1. The van der Waals surface area contributed by atoms with Crippen molar-refractivity contribution in [2.45, 2.75) is 31.2 Å². The molecule has 2 rings (SSSR count). The number of rotatable bonds is 4. The van der Waals surface area contributed by atoms with Crippen LogP contribution in [0.3, 0.4) is 0 Å². The summed E-state index contributed by atoms with van der Waals surface area (Å²) in [4.78, 5) is 6.24. The zero-order valence-electron chi connectivity index (χ0n) is 9.49. The van der Waals surface area contributed by atoms with Crippen molar-refractivity contribution in [2.24, 2.45) is 0 Å². The molecule has 1 aromatic heterocycles. The molecule has 0 N–H and O–H groups in total. The first-order valence-corrected chi connectivity index (χ1v) is 6.16. The van der Waals surface area contributed by atoms with E-state index < -0.39 is 0 Å². The molecule has 0 aromatic carbocycles. The van der Waals surface area contributed by atoms with Crippen LogP contribution in [0.1, 0.15) is 25.0 Å². The van der Waals surface area contributed by atoms with E-state index in [4.69, 9.17) is 20.8 Å². The number of alkyl halides is 1. The van der Waals surface area contributed by atoms with Gasteiger partial charge in [0.2, 0.25) is 0 Å². The van der Waals surface area contributed by atoms with Crippen molar-refractivity contribution in [1.82, 2.24) is 4.98 Å². The molecule has 16 heavy (non-hydrogen) atoms. The van der Waals surface area contributed by atoms with Crippen molar-refractivity contribution in [1.29, 1.82) is 0 Å². The van der Waals surface area contributed by atoms with E-state index in [1.54, 1.807) is 6.26 Å². The van der Waals surface area contributed by atoms with Gasteiger partial charge in [-0.3, -0.25) is 0 Å². The normalized spacial score (nSPS) is 21.0. The molecule has 1 aromatic rings. The fourth-order valence-corrected chi connectivity index (χ4v) is 1.99. The number of ether oxygens (including phenoxy) is 1. The van der Waals surface area contributed by atoms with Gasteiger partial charge in [0.25, 0.3) is 6.01 Å². The van der Waals surface area contributed by atoms with Gasteiger partial charge in [0, 0.05) is 20.2 Å². The van der Waals surface area contributed by atoms with E-state index >= 15 is 0 Å². The van der Waals surface area contributed by atoms with Crippen molar-refractivity contribution in [2.75, 3.05) is 25.1 Å². The minimum Gasteiger partial charge on any atom is -0.432 e. The van der Waals surface area contributed by atoms with E-state index in [0.29, 0.717) is 18.0 Å². The van der Waals surface area contributed by atoms with Gasteiger partial charge in [-0.1, -0.05) is 0 Å². The Morgan fingerprint density at radius 1 is 1.56 bits per heavy atom. The molecule has 0 spiro atoms. The average molecular weight is 245 g/mol. The van der Waals surface area contributed by atoms with E-state index in [1.807, 2.05) is 11.9 Å². The highest BCUT2D eigenvalue weighted by Gasteiger charge is 2.18. The number of hydrogen-bond acceptors (Lipinski definition) is 4. The van der Waals surface area contributed by atoms with Gasteiger partial charge in [-0.2, -0.15) is 4.98 Å². The summed E-state index contributed by atoms with van der Waals surface area (Å²) in [7, 11) is 1.96. The maximum atomic E-state index is 5.67. The van der Waals surface area contributed by atoms with Crippen LogP contribution in [0.2, 0.25) is 0 Å². The minimum atomic E-state index is 0.296. The summed E-state index contributed by atoms with van der Waals surface area (Å²) in [5.74, 6) is 0.386. The molecule has 0 saturated carbocycles. The predicted octanol–water partition coefficient (Wildman–Crippen LogP) is 2.42. The summed E-state index contributed by atoms with van der Waals surface area (Å²) in [6.45, 7) is 1.69. The summed E-state index contributed by atoms with van der Waals surface area (Å²) in [6, 6.07) is 0.616. The van der Waals surface area contributed by atoms with Gasteiger partial charge in [-0.15, -0.1) is 11.6 Å². The number of likely N-dealkylation sites (N-methyl/N-ethyl adjacent to an activating group) is 1. The highest BCUT2D eigenvalue weighted by molar-refractivity contribution is 6.16. The Morgan fingerprint density at radius 2 is 2.44 bits per heavy atom. The number of anilines is 1. The lowest BCUT2D eigenvalue weighted by Crippen LogP contribution is -2.33. The van der Waals surface area contributed by atoms with Crippen LogP contribution in [0, 0.1) is 0 Å². The number of hydrogen-bond donors (Lipinski definition) is 0. The highest BCUT2D eigenvalue weighted by atomic mass is 35.5. The zero-order chi connectivity index (χ0) is 11.4. The van der Waals surface area contributed by atoms with Gasteiger partial charge in [-0.25, -0.2) is 0 Å². The Morgan fingerprint density at radius 3 is 3.06 bits per heavy atom. The standard InChI is InChI=1S/C11H17ClN2O2/c1-14(7-10-4-2-3-5-15-10)11-13-9(6-12)8-16-11/h8,10H,2-7H2,1H3. The SMILES string of the molecule is CN(CC1CCCCO1)c1nc(CCl)co1. The van der Waals surface area contributed by atoms with Crippen LogP contribution in [-0.4, -0.2) is 31.3 Å². The Labute approximate surface area is 101 Å². The van der Waals surface area contributed by atoms with Gasteiger partial charge >= 0.3 is 0 Å². The van der Waals surface area contributed by atoms with Crippen molar-refractivity contribution < 1.29 is 9.15 Å². The Kier molecular flexibility index (Phi) is 4.07. The van der Waals surface area contributed by atoms with Crippen LogP contribution in [0.25, 0.3) is 0 Å². The van der Waals surface area contributed by atoms with Crippen LogP contribution < -0.4 is 4.90 Å². The molecule has 0 amide bonds. The Hall–Kier alpha value is -0.740. The van der Waals surface area contributed by atoms with E-state index in [0.717, 1.165) is 25.3 Å². The molecule has 90 valence electrons. The largest absolute Gasteiger partial charge is 0.432 e. The summed E-state index contributed by atoms with van der Waals surface area (Å²) in [5.41, 5.74) is 0.771. The number of nitrogens with zero attached hydrogens (tertiary/aromatic N) is 2. The molecule has 4 nitrogen and oxygen atoms in total. The van der Waals surface area contributed by atoms with Crippen molar-refractivity contribution in [3.63, 3.8) is 0 Å². The van der Waals surface area contributed by atoms with Crippen molar-refractivity contribution in [3.05, 3.63) is 12.0 Å². The molecular formula is C11H17ClN2O2. The minimum absolute atomic E-state index is 0.296. The maximum Gasteiger partial charge on any atom is 0.297 e. The van der Waals surface area contributed by atoms with Crippen LogP contribution in [-0.2, 0) is 10.6 Å². The van der Waals surface area contributed by atoms with Crippen LogP contribution in [0.5, 0.6) is 0 Å². The van der Waals surface area contributed by atoms with Gasteiger partial charge in [0.15, 0.2) is 0 Å². The van der Waals surface area contributed by atoms with Gasteiger partial charge in [0.1, 0.15) is 6.26 Å². The molecule has 0 aliphatic carbocycles. The lowest BCUT2D eigenvalue weighted by molar-refractivity contribution is 0.0211. The number of halogens is 1. The van der Waals surface area contributed by atoms with Gasteiger partial charge in [-0.05, 0) is 19.3 Å². The van der Waals surface area contributed by atoms with E-state index in [1.165, 1.54) is 12.8 Å². The number of aromatic nitrogens is 1. The topological polar surface area (TPSA) is 38.5 Å². The third-order valence-corrected chi connectivity index (χ3v) is 3.03. The second-order valence-corrected chi connectivity index (χ2v) is 4.39. The van der Waals surface area contributed by atoms with Crippen LogP contribution in [0.4, 0.5) is 6.01 Å². The molecule has 1 aliphatic heterocycles. The third kappa shape index (κ3) is 2.89. The van der Waals surface area contributed by atoms with Crippen molar-refractivity contribution in [3.8, 4) is 0 Å². The maximum absolute atomic E-state index is 5.67. The van der Waals surface area contributed by atoms with E-state index in [2.05, 4.69) is 4.98 Å². The number of oxazole rings is 1. The van der Waals surface area contributed by atoms with Crippen LogP contribution >= 0.6 is 11.6 Å². The first-order valence-electron chi connectivity index (χ1n) is 5.62. The fraction of sp³-hybridized carbons (Fsp3) is 0.727. The molecule has 0 bridgehead atoms. The quantitative estimate of drug-likeness (QED) is 0.763. The van der Waals surface area contributed by atoms with E-state index in [-0.39, 0.29) is 0 Å². The second-order valence-electron chi connectivity index (χ2n) is 4.12. The lowest BCUT2D eigenvalue weighted by Gasteiger charge is -2.26. The Balaban J connectivity index is 1.88. The summed E-state index contributed by atoms with van der Waals surface area (Å²) < 4.78 is 11.0. The van der Waals surface area contributed by atoms with E-state index in [9.17, 15) is 0 Å². The average Bonchev–Trinajstić information content (AvgIpc) is 2.79. The highest BCUT2D eigenvalue weighted by Crippen LogP contribution is 2.18. The van der Waals surface area contributed by atoms with Crippen molar-refractivity contribution >= 4 is 17.6 Å². The van der Waals surface area contributed by atoms with Crippen LogP contribution in [0.15, 0.2) is 10.7 Å². The summed E-state index contributed by atoms with van der Waals surface area (Å²) >= 11 is 5.67. The second kappa shape index (κ2) is 5.55. The summed E-state index contributed by atoms with van der Waals surface area (Å²) in [5, 5.41) is 0. The molecule has 0 radical (unpaired) electrons. The zero-order valence-corrected chi connectivity index (χ0v) is 10.2. The molecule has 1 aliphatic rings. The first kappa shape index (κ1) is 11.7. The molecule has 1 saturated heterocycles. The molecule has 1 unspecified atom stereocenters. The molecule has 5 heteroatoms.